The van der Waals surface area contributed by atoms with Gasteiger partial charge in [-0.2, -0.15) is 0 Å². The summed E-state index contributed by atoms with van der Waals surface area (Å²) in [5.41, 5.74) is 0.798. The molecule has 0 atom stereocenters. The standard InChI is InChI=1S/C12H10BNO4S2/c13-14-19(15,16)11-7-3-1-5-9(11)10-6-2-4-8-12(10)20(14,17)18/h1-8H,13H2. The molecule has 0 aromatic heterocycles. The van der Waals surface area contributed by atoms with Crippen molar-refractivity contribution in [3.8, 4) is 11.1 Å². The zero-order valence-electron chi connectivity index (χ0n) is 10.5. The minimum atomic E-state index is -4.09. The van der Waals surface area contributed by atoms with Gasteiger partial charge in [0.05, 0.1) is 9.79 Å². The third-order valence-corrected chi connectivity index (χ3v) is 7.65. The molecule has 0 spiro atoms. The van der Waals surface area contributed by atoms with Crippen LogP contribution in [0.5, 0.6) is 0 Å². The maximum absolute atomic E-state index is 12.5. The summed E-state index contributed by atoms with van der Waals surface area (Å²) in [7, 11) is -7.12. The maximum Gasteiger partial charge on any atom is 0.245 e. The molecular formula is C12H10BNO4S2. The van der Waals surface area contributed by atoms with Gasteiger partial charge < -0.3 is 0 Å². The second-order valence-corrected chi connectivity index (χ2v) is 8.49. The molecule has 0 fully saturated rings. The number of sulfonamides is 2. The Labute approximate surface area is 118 Å². The van der Waals surface area contributed by atoms with Gasteiger partial charge in [-0.25, -0.2) is 16.8 Å². The van der Waals surface area contributed by atoms with E-state index in [4.69, 9.17) is 0 Å². The highest BCUT2D eigenvalue weighted by Gasteiger charge is 2.38. The van der Waals surface area contributed by atoms with Crippen molar-refractivity contribution in [2.24, 2.45) is 0 Å². The molecule has 3 rings (SSSR count). The van der Waals surface area contributed by atoms with Crippen LogP contribution in [-0.2, 0) is 20.0 Å². The third-order valence-electron chi connectivity index (χ3n) is 3.30. The van der Waals surface area contributed by atoms with E-state index in [1.165, 1.54) is 12.1 Å². The van der Waals surface area contributed by atoms with Crippen LogP contribution >= 0.6 is 0 Å². The Kier molecular flexibility index (Phi) is 2.79. The number of fused-ring (bicyclic) bond motifs is 3. The largest absolute Gasteiger partial charge is 0.245 e. The van der Waals surface area contributed by atoms with E-state index in [9.17, 15) is 16.8 Å². The molecule has 2 aromatic rings. The Balaban J connectivity index is 2.57. The molecule has 1 aliphatic rings. The summed E-state index contributed by atoms with van der Waals surface area (Å²) < 4.78 is 50.3. The van der Waals surface area contributed by atoms with Crippen molar-refractivity contribution in [2.45, 2.75) is 9.79 Å². The molecule has 1 heterocycles. The molecule has 8 heteroatoms. The lowest BCUT2D eigenvalue weighted by Gasteiger charge is -2.15. The van der Waals surface area contributed by atoms with E-state index in [1.807, 2.05) is 0 Å². The predicted molar refractivity (Wildman–Crippen MR) is 76.6 cm³/mol. The summed E-state index contributed by atoms with van der Waals surface area (Å²) in [5.74, 6) is 0. The fourth-order valence-corrected chi connectivity index (χ4v) is 5.72. The van der Waals surface area contributed by atoms with E-state index in [0.717, 1.165) is 7.98 Å². The molecule has 0 aliphatic carbocycles. The van der Waals surface area contributed by atoms with E-state index in [1.54, 1.807) is 36.4 Å². The molecule has 0 unspecified atom stereocenters. The third kappa shape index (κ3) is 1.65. The lowest BCUT2D eigenvalue weighted by Crippen LogP contribution is -2.33. The second-order valence-electron chi connectivity index (χ2n) is 4.38. The van der Waals surface area contributed by atoms with Gasteiger partial charge in [-0.15, -0.1) is 3.62 Å². The Morgan fingerprint density at radius 2 is 1.05 bits per heavy atom. The van der Waals surface area contributed by atoms with Crippen molar-refractivity contribution < 1.29 is 16.8 Å². The summed E-state index contributed by atoms with van der Waals surface area (Å²) in [4.78, 5) is -0.00736. The average Bonchev–Trinajstić information content (AvgIpc) is 2.50. The molecule has 0 saturated heterocycles. The highest BCUT2D eigenvalue weighted by Crippen LogP contribution is 2.38. The molecule has 1 aliphatic heterocycles. The van der Waals surface area contributed by atoms with Gasteiger partial charge in [-0.05, 0) is 12.1 Å². The second kappa shape index (κ2) is 4.18. The van der Waals surface area contributed by atoms with Crippen molar-refractivity contribution in [1.82, 2.24) is 3.62 Å². The fraction of sp³-hybridized carbons (Fsp3) is 0. The highest BCUT2D eigenvalue weighted by atomic mass is 32.3. The van der Waals surface area contributed by atoms with Crippen LogP contribution in [0.1, 0.15) is 0 Å². The van der Waals surface area contributed by atoms with Gasteiger partial charge >= 0.3 is 0 Å². The summed E-state index contributed by atoms with van der Waals surface area (Å²) in [6.45, 7) is 0. The van der Waals surface area contributed by atoms with Gasteiger partial charge in [0.25, 0.3) is 0 Å². The predicted octanol–water partition coefficient (Wildman–Crippen LogP) is 0.595. The van der Waals surface area contributed by atoms with Gasteiger partial charge in [0, 0.05) is 11.1 Å². The van der Waals surface area contributed by atoms with Crippen LogP contribution in [-0.4, -0.2) is 28.4 Å². The zero-order valence-corrected chi connectivity index (χ0v) is 12.1. The number of hydrogen-bond acceptors (Lipinski definition) is 4. The Morgan fingerprint density at radius 1 is 0.700 bits per heavy atom. The van der Waals surface area contributed by atoms with Crippen molar-refractivity contribution in [3.05, 3.63) is 48.5 Å². The highest BCUT2D eigenvalue weighted by molar-refractivity contribution is 8.05. The molecule has 102 valence electrons. The summed E-state index contributed by atoms with van der Waals surface area (Å²) in [6, 6.07) is 12.6. The minimum absolute atomic E-state index is 0.00368. The number of rotatable bonds is 0. The smallest absolute Gasteiger partial charge is 0.207 e. The lowest BCUT2D eigenvalue weighted by atomic mass is 10.1. The molecule has 0 saturated carbocycles. The van der Waals surface area contributed by atoms with Crippen LogP contribution in [0.15, 0.2) is 58.3 Å². The van der Waals surface area contributed by atoms with Crippen LogP contribution in [0.25, 0.3) is 11.1 Å². The Hall–Kier alpha value is -1.64. The fourth-order valence-electron chi connectivity index (χ4n) is 2.23. The zero-order chi connectivity index (χ0) is 14.5. The number of benzene rings is 2. The molecule has 0 N–H and O–H groups in total. The molecule has 0 radical (unpaired) electrons. The summed E-state index contributed by atoms with van der Waals surface area (Å²) in [6.07, 6.45) is 0. The summed E-state index contributed by atoms with van der Waals surface area (Å²) in [5, 5.41) is 0. The topological polar surface area (TPSA) is 71.5 Å². The molecule has 5 nitrogen and oxygen atoms in total. The average molecular weight is 307 g/mol. The Bertz CT molecular complexity index is 831. The van der Waals surface area contributed by atoms with Crippen LogP contribution in [0.2, 0.25) is 0 Å². The van der Waals surface area contributed by atoms with Gasteiger partial charge in [-0.3, -0.25) is 0 Å². The van der Waals surface area contributed by atoms with E-state index >= 15 is 0 Å². The quantitative estimate of drug-likeness (QED) is 0.668. The minimum Gasteiger partial charge on any atom is -0.207 e. The summed E-state index contributed by atoms with van der Waals surface area (Å²) >= 11 is 0. The number of hydrogen-bond donors (Lipinski definition) is 0. The SMILES string of the molecule is BN1S(=O)(=O)c2ccccc2-c2ccccc2S1(=O)=O. The van der Waals surface area contributed by atoms with Gasteiger partial charge in [0.15, 0.2) is 0 Å². The van der Waals surface area contributed by atoms with E-state index in [0.29, 0.717) is 14.7 Å². The molecular weight excluding hydrogens is 297 g/mol. The molecule has 0 bridgehead atoms. The van der Waals surface area contributed by atoms with E-state index < -0.39 is 20.0 Å². The van der Waals surface area contributed by atoms with Crippen LogP contribution in [0.4, 0.5) is 0 Å². The van der Waals surface area contributed by atoms with Gasteiger partial charge in [0.2, 0.25) is 28.0 Å². The normalized spacial score (nSPS) is 19.6. The lowest BCUT2D eigenvalue weighted by molar-refractivity contribution is 0.554. The monoisotopic (exact) mass is 307 g/mol. The number of nitrogens with zero attached hydrogens (tertiary/aromatic N) is 1. The van der Waals surface area contributed by atoms with Crippen LogP contribution < -0.4 is 0 Å². The van der Waals surface area contributed by atoms with Gasteiger partial charge in [0.1, 0.15) is 0 Å². The van der Waals surface area contributed by atoms with Crippen molar-refractivity contribution >= 4 is 28.0 Å². The Morgan fingerprint density at radius 3 is 1.45 bits per heavy atom. The maximum atomic E-state index is 12.5. The first-order chi connectivity index (χ1) is 9.37. The molecule has 0 amide bonds. The van der Waals surface area contributed by atoms with Crippen molar-refractivity contribution in [2.75, 3.05) is 0 Å². The first-order valence-corrected chi connectivity index (χ1v) is 8.67. The van der Waals surface area contributed by atoms with Crippen LogP contribution in [0, 0.1) is 0 Å². The first kappa shape index (κ1) is 13.4. The van der Waals surface area contributed by atoms with E-state index in [-0.39, 0.29) is 9.79 Å². The first-order valence-electron chi connectivity index (χ1n) is 5.79. The van der Waals surface area contributed by atoms with Crippen molar-refractivity contribution in [3.63, 3.8) is 0 Å². The van der Waals surface area contributed by atoms with E-state index in [2.05, 4.69) is 0 Å². The van der Waals surface area contributed by atoms with Crippen molar-refractivity contribution in [1.29, 1.82) is 0 Å². The van der Waals surface area contributed by atoms with Crippen LogP contribution in [0.3, 0.4) is 0 Å². The molecule has 20 heavy (non-hydrogen) atoms. The molecule has 2 aromatic carbocycles. The van der Waals surface area contributed by atoms with Gasteiger partial charge in [-0.1, -0.05) is 36.4 Å².